The van der Waals surface area contributed by atoms with Crippen LogP contribution in [0.4, 0.5) is 11.4 Å². The Labute approximate surface area is 159 Å². The molecule has 0 aliphatic carbocycles. The lowest BCUT2D eigenvalue weighted by atomic mass is 10.1. The highest BCUT2D eigenvalue weighted by Gasteiger charge is 2.51. The van der Waals surface area contributed by atoms with Gasteiger partial charge in [-0.3, -0.25) is 20.2 Å². The molecule has 0 bridgehead atoms. The Morgan fingerprint density at radius 2 is 1.43 bits per heavy atom. The molecule has 146 valence electrons. The van der Waals surface area contributed by atoms with Crippen molar-refractivity contribution < 1.29 is 24.4 Å². The monoisotopic (exact) mass is 387 g/mol. The number of rotatable bonds is 5. The molecule has 10 heteroatoms. The number of hydrogen-bond donors (Lipinski definition) is 1. The molecule has 2 saturated heterocycles. The Morgan fingerprint density at radius 3 is 1.89 bits per heavy atom. The SMILES string of the molecule is O=[N+]([O-])c1ccc(C2OCC3C(CO)OC(c4ccc([N+](=O)[O-])cc4)N23)cc1. The van der Waals surface area contributed by atoms with Gasteiger partial charge in [0.05, 0.1) is 29.1 Å². The molecule has 1 N–H and O–H groups in total. The first kappa shape index (κ1) is 18.4. The number of aliphatic hydroxyl groups is 1. The van der Waals surface area contributed by atoms with E-state index in [1.165, 1.54) is 24.3 Å². The van der Waals surface area contributed by atoms with Gasteiger partial charge in [-0.2, -0.15) is 0 Å². The van der Waals surface area contributed by atoms with Gasteiger partial charge in [0.1, 0.15) is 18.6 Å². The van der Waals surface area contributed by atoms with E-state index in [9.17, 15) is 25.3 Å². The van der Waals surface area contributed by atoms with Crippen molar-refractivity contribution in [3.8, 4) is 0 Å². The summed E-state index contributed by atoms with van der Waals surface area (Å²) in [6.45, 7) is 0.136. The molecule has 0 spiro atoms. The molecule has 4 unspecified atom stereocenters. The van der Waals surface area contributed by atoms with Crippen molar-refractivity contribution in [2.75, 3.05) is 13.2 Å². The summed E-state index contributed by atoms with van der Waals surface area (Å²) in [5, 5.41) is 31.4. The topological polar surface area (TPSA) is 128 Å². The fourth-order valence-corrected chi connectivity index (χ4v) is 3.66. The van der Waals surface area contributed by atoms with Crippen molar-refractivity contribution in [2.45, 2.75) is 24.6 Å². The highest BCUT2D eigenvalue weighted by Crippen LogP contribution is 2.46. The third-order valence-electron chi connectivity index (χ3n) is 5.04. The quantitative estimate of drug-likeness (QED) is 0.611. The summed E-state index contributed by atoms with van der Waals surface area (Å²) < 4.78 is 11.9. The van der Waals surface area contributed by atoms with Crippen LogP contribution < -0.4 is 0 Å². The lowest BCUT2D eigenvalue weighted by Gasteiger charge is -2.27. The Bertz CT molecular complexity index is 887. The Balaban J connectivity index is 1.65. The van der Waals surface area contributed by atoms with Gasteiger partial charge in [0.2, 0.25) is 0 Å². The molecule has 2 aromatic rings. The van der Waals surface area contributed by atoms with Crippen molar-refractivity contribution in [2.24, 2.45) is 0 Å². The highest BCUT2D eigenvalue weighted by molar-refractivity contribution is 5.36. The summed E-state index contributed by atoms with van der Waals surface area (Å²) >= 11 is 0. The lowest BCUT2D eigenvalue weighted by Crippen LogP contribution is -2.35. The van der Waals surface area contributed by atoms with Gasteiger partial charge in [-0.25, -0.2) is 4.90 Å². The number of hydrogen-bond acceptors (Lipinski definition) is 8. The van der Waals surface area contributed by atoms with Gasteiger partial charge >= 0.3 is 0 Å². The van der Waals surface area contributed by atoms with Crippen molar-refractivity contribution >= 4 is 11.4 Å². The van der Waals surface area contributed by atoms with Gasteiger partial charge in [-0.1, -0.05) is 0 Å². The average Bonchev–Trinajstić information content (AvgIpc) is 3.28. The predicted octanol–water partition coefficient (Wildman–Crippen LogP) is 2.29. The maximum atomic E-state index is 10.9. The minimum Gasteiger partial charge on any atom is -0.394 e. The van der Waals surface area contributed by atoms with Crippen LogP contribution in [0.5, 0.6) is 0 Å². The molecule has 2 heterocycles. The molecule has 2 aromatic carbocycles. The summed E-state index contributed by atoms with van der Waals surface area (Å²) in [7, 11) is 0. The molecule has 0 radical (unpaired) electrons. The van der Waals surface area contributed by atoms with Gasteiger partial charge in [-0.15, -0.1) is 0 Å². The lowest BCUT2D eigenvalue weighted by molar-refractivity contribution is -0.385. The van der Waals surface area contributed by atoms with Gasteiger partial charge in [0.15, 0.2) is 0 Å². The van der Waals surface area contributed by atoms with E-state index in [1.54, 1.807) is 24.3 Å². The van der Waals surface area contributed by atoms with E-state index in [1.807, 2.05) is 4.90 Å². The number of benzene rings is 2. The van der Waals surface area contributed by atoms with Crippen LogP contribution in [-0.2, 0) is 9.47 Å². The van der Waals surface area contributed by atoms with Crippen molar-refractivity contribution in [3.63, 3.8) is 0 Å². The second-order valence-electron chi connectivity index (χ2n) is 6.61. The van der Waals surface area contributed by atoms with E-state index >= 15 is 0 Å². The third kappa shape index (κ3) is 3.12. The van der Waals surface area contributed by atoms with E-state index in [4.69, 9.17) is 9.47 Å². The number of nitrogens with zero attached hydrogens (tertiary/aromatic N) is 3. The summed E-state index contributed by atoms with van der Waals surface area (Å²) in [6, 6.07) is 11.9. The second-order valence-corrected chi connectivity index (χ2v) is 6.61. The minimum absolute atomic E-state index is 0.0175. The van der Waals surface area contributed by atoms with Gasteiger partial charge in [0.25, 0.3) is 11.4 Å². The molecular weight excluding hydrogens is 370 g/mol. The standard InChI is InChI=1S/C18H17N3O7/c22-9-16-15-10-27-17(11-1-5-13(6-2-11)20(23)24)19(15)18(28-16)12-3-7-14(8-4-12)21(25)26/h1-8,15-18,22H,9-10H2. The van der Waals surface area contributed by atoms with E-state index in [2.05, 4.69) is 0 Å². The molecule has 2 aliphatic rings. The average molecular weight is 387 g/mol. The van der Waals surface area contributed by atoms with E-state index in [-0.39, 0.29) is 24.0 Å². The highest BCUT2D eigenvalue weighted by atomic mass is 16.6. The van der Waals surface area contributed by atoms with Crippen LogP contribution in [0.2, 0.25) is 0 Å². The zero-order chi connectivity index (χ0) is 19.8. The molecular formula is C18H17N3O7. The molecule has 0 aromatic heterocycles. The van der Waals surface area contributed by atoms with Crippen LogP contribution in [0.1, 0.15) is 23.6 Å². The summed E-state index contributed by atoms with van der Waals surface area (Å²) in [6.07, 6.45) is -1.54. The van der Waals surface area contributed by atoms with Crippen LogP contribution >= 0.6 is 0 Å². The maximum Gasteiger partial charge on any atom is 0.269 e. The van der Waals surface area contributed by atoms with Crippen LogP contribution in [0, 0.1) is 20.2 Å². The molecule has 28 heavy (non-hydrogen) atoms. The first-order valence-electron chi connectivity index (χ1n) is 8.63. The molecule has 0 amide bonds. The largest absolute Gasteiger partial charge is 0.394 e. The number of fused-ring (bicyclic) bond motifs is 1. The fourth-order valence-electron chi connectivity index (χ4n) is 3.66. The second kappa shape index (κ2) is 7.24. The van der Waals surface area contributed by atoms with E-state index in [0.29, 0.717) is 12.2 Å². The van der Waals surface area contributed by atoms with Gasteiger partial charge < -0.3 is 14.6 Å². The third-order valence-corrected chi connectivity index (χ3v) is 5.04. The summed E-state index contributed by atoms with van der Waals surface area (Å²) in [4.78, 5) is 22.8. The minimum atomic E-state index is -0.564. The Kier molecular flexibility index (Phi) is 4.77. The molecule has 4 rings (SSSR count). The zero-order valence-corrected chi connectivity index (χ0v) is 14.6. The van der Waals surface area contributed by atoms with Crippen molar-refractivity contribution in [3.05, 3.63) is 79.9 Å². The molecule has 2 aliphatic heterocycles. The van der Waals surface area contributed by atoms with Crippen LogP contribution in [0.25, 0.3) is 0 Å². The van der Waals surface area contributed by atoms with Gasteiger partial charge in [0, 0.05) is 24.3 Å². The number of non-ortho nitro benzene ring substituents is 2. The van der Waals surface area contributed by atoms with Gasteiger partial charge in [-0.05, 0) is 35.4 Å². The number of ether oxygens (including phenoxy) is 2. The fraction of sp³-hybridized carbons (Fsp3) is 0.333. The first-order chi connectivity index (χ1) is 13.5. The molecule has 0 saturated carbocycles. The number of nitro groups is 2. The normalized spacial score (nSPS) is 26.9. The smallest absolute Gasteiger partial charge is 0.269 e. The van der Waals surface area contributed by atoms with Crippen LogP contribution in [0.15, 0.2) is 48.5 Å². The zero-order valence-electron chi connectivity index (χ0n) is 14.6. The molecule has 4 atom stereocenters. The first-order valence-corrected chi connectivity index (χ1v) is 8.63. The van der Waals surface area contributed by atoms with E-state index in [0.717, 1.165) is 5.56 Å². The van der Waals surface area contributed by atoms with Crippen LogP contribution in [-0.4, -0.2) is 45.2 Å². The van der Waals surface area contributed by atoms with E-state index < -0.39 is 28.4 Å². The van der Waals surface area contributed by atoms with Crippen molar-refractivity contribution in [1.29, 1.82) is 0 Å². The number of nitro benzene ring substituents is 2. The maximum absolute atomic E-state index is 10.9. The molecule has 10 nitrogen and oxygen atoms in total. The number of aliphatic hydroxyl groups excluding tert-OH is 1. The van der Waals surface area contributed by atoms with Crippen LogP contribution in [0.3, 0.4) is 0 Å². The van der Waals surface area contributed by atoms with Crippen molar-refractivity contribution in [1.82, 2.24) is 4.90 Å². The summed E-state index contributed by atoms with van der Waals surface area (Å²) in [5.41, 5.74) is 1.38. The molecule has 2 fully saturated rings. The predicted molar refractivity (Wildman–Crippen MR) is 95.2 cm³/mol. The Hall–Kier alpha value is -2.92. The Morgan fingerprint density at radius 1 is 0.929 bits per heavy atom. The summed E-state index contributed by atoms with van der Waals surface area (Å²) in [5.74, 6) is 0.